The first-order valence-corrected chi connectivity index (χ1v) is 7.29. The van der Waals surface area contributed by atoms with Crippen molar-refractivity contribution >= 4 is 16.7 Å². The van der Waals surface area contributed by atoms with E-state index in [0.717, 1.165) is 23.6 Å². The molecule has 2 aromatic rings. The Kier molecular flexibility index (Phi) is 4.78. The first-order chi connectivity index (χ1) is 10.1. The van der Waals surface area contributed by atoms with E-state index in [-0.39, 0.29) is 11.9 Å². The number of carbonyl (C=O) groups excluding carboxylic acids is 1. The van der Waals surface area contributed by atoms with Crippen LogP contribution in [0.4, 0.5) is 0 Å². The molecule has 1 amide bonds. The molecular weight excluding hydrogens is 264 g/mol. The second kappa shape index (κ2) is 6.57. The molecule has 0 aliphatic rings. The molecule has 0 fully saturated rings. The van der Waals surface area contributed by atoms with Gasteiger partial charge in [-0.25, -0.2) is 4.98 Å². The van der Waals surface area contributed by atoms with Crippen LogP contribution in [0.15, 0.2) is 30.3 Å². The fourth-order valence-corrected chi connectivity index (χ4v) is 2.42. The summed E-state index contributed by atoms with van der Waals surface area (Å²) < 4.78 is 5.32. The molecule has 0 N–H and O–H groups in total. The van der Waals surface area contributed by atoms with Gasteiger partial charge in [0.2, 0.25) is 5.88 Å². The standard InChI is InChI=1S/C17H22N2O2/c1-5-8-12(2)19(3)17(20)15-11-13-9-6-7-10-14(13)16(18-15)21-4/h6-7,9-12H,5,8H2,1-4H3/t12-/m1/s1. The number of methoxy groups -OCH3 is 1. The van der Waals surface area contributed by atoms with Crippen molar-refractivity contribution in [2.24, 2.45) is 0 Å². The molecule has 0 unspecified atom stereocenters. The Bertz CT molecular complexity index is 640. The molecule has 0 bridgehead atoms. The molecular formula is C17H22N2O2. The number of rotatable bonds is 5. The van der Waals surface area contributed by atoms with Crippen molar-refractivity contribution in [2.75, 3.05) is 14.2 Å². The average molecular weight is 286 g/mol. The number of amides is 1. The summed E-state index contributed by atoms with van der Waals surface area (Å²) in [5, 5.41) is 1.88. The molecule has 1 aromatic heterocycles. The van der Waals surface area contributed by atoms with Crippen LogP contribution in [0.1, 0.15) is 37.2 Å². The molecule has 4 nitrogen and oxygen atoms in total. The summed E-state index contributed by atoms with van der Waals surface area (Å²) in [4.78, 5) is 18.7. The molecule has 4 heteroatoms. The van der Waals surface area contributed by atoms with Gasteiger partial charge in [0.1, 0.15) is 5.69 Å². The van der Waals surface area contributed by atoms with Crippen molar-refractivity contribution < 1.29 is 9.53 Å². The number of hydrogen-bond acceptors (Lipinski definition) is 3. The lowest BCUT2D eigenvalue weighted by molar-refractivity contribution is 0.0730. The topological polar surface area (TPSA) is 42.4 Å². The first-order valence-electron chi connectivity index (χ1n) is 7.29. The highest BCUT2D eigenvalue weighted by Gasteiger charge is 2.19. The van der Waals surface area contributed by atoms with Crippen LogP contribution in [0.5, 0.6) is 5.88 Å². The van der Waals surface area contributed by atoms with Crippen LogP contribution >= 0.6 is 0 Å². The summed E-state index contributed by atoms with van der Waals surface area (Å²) in [5.74, 6) is 0.424. The smallest absolute Gasteiger partial charge is 0.272 e. The number of hydrogen-bond donors (Lipinski definition) is 0. The van der Waals surface area contributed by atoms with Crippen molar-refractivity contribution in [3.05, 3.63) is 36.0 Å². The summed E-state index contributed by atoms with van der Waals surface area (Å²) in [6, 6.07) is 9.81. The molecule has 1 aromatic carbocycles. The van der Waals surface area contributed by atoms with E-state index in [1.54, 1.807) is 12.0 Å². The molecule has 0 spiro atoms. The molecule has 0 saturated heterocycles. The zero-order chi connectivity index (χ0) is 15.4. The van der Waals surface area contributed by atoms with Gasteiger partial charge in [0, 0.05) is 18.5 Å². The molecule has 0 aliphatic heterocycles. The monoisotopic (exact) mass is 286 g/mol. The van der Waals surface area contributed by atoms with E-state index in [4.69, 9.17) is 4.74 Å². The summed E-state index contributed by atoms with van der Waals surface area (Å²) in [6.45, 7) is 4.17. The van der Waals surface area contributed by atoms with Crippen LogP contribution in [0.2, 0.25) is 0 Å². The molecule has 112 valence electrons. The molecule has 0 aliphatic carbocycles. The normalized spacial score (nSPS) is 12.2. The largest absolute Gasteiger partial charge is 0.481 e. The summed E-state index contributed by atoms with van der Waals surface area (Å²) >= 11 is 0. The van der Waals surface area contributed by atoms with Crippen molar-refractivity contribution in [3.63, 3.8) is 0 Å². The minimum atomic E-state index is -0.0694. The van der Waals surface area contributed by atoms with Crippen LogP contribution in [-0.2, 0) is 0 Å². The fourth-order valence-electron chi connectivity index (χ4n) is 2.42. The van der Waals surface area contributed by atoms with Crippen LogP contribution in [-0.4, -0.2) is 36.0 Å². The molecule has 0 saturated carbocycles. The van der Waals surface area contributed by atoms with E-state index >= 15 is 0 Å². The number of fused-ring (bicyclic) bond motifs is 1. The SMILES string of the molecule is CCC[C@@H](C)N(C)C(=O)c1cc2ccccc2c(OC)n1. The van der Waals surface area contributed by atoms with Gasteiger partial charge < -0.3 is 9.64 Å². The van der Waals surface area contributed by atoms with Crippen LogP contribution < -0.4 is 4.74 Å². The van der Waals surface area contributed by atoms with Gasteiger partial charge in [0.05, 0.1) is 7.11 Å². The second-order valence-electron chi connectivity index (χ2n) is 5.29. The zero-order valence-corrected chi connectivity index (χ0v) is 13.1. The summed E-state index contributed by atoms with van der Waals surface area (Å²) in [6.07, 6.45) is 2.03. The fraction of sp³-hybridized carbons (Fsp3) is 0.412. The van der Waals surface area contributed by atoms with E-state index in [0.29, 0.717) is 11.6 Å². The van der Waals surface area contributed by atoms with Gasteiger partial charge in [-0.1, -0.05) is 31.5 Å². The molecule has 2 rings (SSSR count). The number of nitrogens with zero attached hydrogens (tertiary/aromatic N) is 2. The Morgan fingerprint density at radius 2 is 2.10 bits per heavy atom. The van der Waals surface area contributed by atoms with Gasteiger partial charge in [-0.15, -0.1) is 0 Å². The number of benzene rings is 1. The number of carbonyl (C=O) groups is 1. The van der Waals surface area contributed by atoms with Gasteiger partial charge in [-0.2, -0.15) is 0 Å². The lowest BCUT2D eigenvalue weighted by atomic mass is 10.1. The van der Waals surface area contributed by atoms with Gasteiger partial charge in [-0.3, -0.25) is 4.79 Å². The van der Waals surface area contributed by atoms with Crippen LogP contribution in [0.25, 0.3) is 10.8 Å². The molecule has 0 radical (unpaired) electrons. The molecule has 21 heavy (non-hydrogen) atoms. The van der Waals surface area contributed by atoms with Gasteiger partial charge in [0.25, 0.3) is 5.91 Å². The maximum atomic E-state index is 12.6. The van der Waals surface area contributed by atoms with E-state index in [9.17, 15) is 4.79 Å². The van der Waals surface area contributed by atoms with Crippen molar-refractivity contribution in [1.82, 2.24) is 9.88 Å². The minimum absolute atomic E-state index is 0.0694. The van der Waals surface area contributed by atoms with Crippen molar-refractivity contribution in [3.8, 4) is 5.88 Å². The van der Waals surface area contributed by atoms with E-state index in [1.807, 2.05) is 37.4 Å². The van der Waals surface area contributed by atoms with Crippen molar-refractivity contribution in [2.45, 2.75) is 32.7 Å². The Balaban J connectivity index is 2.40. The predicted molar refractivity (Wildman–Crippen MR) is 84.8 cm³/mol. The lowest BCUT2D eigenvalue weighted by Crippen LogP contribution is -2.35. The maximum Gasteiger partial charge on any atom is 0.272 e. The summed E-state index contributed by atoms with van der Waals surface area (Å²) in [5.41, 5.74) is 0.427. The Morgan fingerprint density at radius 3 is 2.76 bits per heavy atom. The maximum absolute atomic E-state index is 12.6. The third-order valence-electron chi connectivity index (χ3n) is 3.81. The quantitative estimate of drug-likeness (QED) is 0.844. The minimum Gasteiger partial charge on any atom is -0.481 e. The Hall–Kier alpha value is -2.10. The van der Waals surface area contributed by atoms with Crippen LogP contribution in [0.3, 0.4) is 0 Å². The average Bonchev–Trinajstić information content (AvgIpc) is 2.52. The van der Waals surface area contributed by atoms with E-state index < -0.39 is 0 Å². The second-order valence-corrected chi connectivity index (χ2v) is 5.29. The highest BCUT2D eigenvalue weighted by atomic mass is 16.5. The van der Waals surface area contributed by atoms with Gasteiger partial charge in [0.15, 0.2) is 0 Å². The Labute approximate surface area is 125 Å². The Morgan fingerprint density at radius 1 is 1.38 bits per heavy atom. The zero-order valence-electron chi connectivity index (χ0n) is 13.1. The van der Waals surface area contributed by atoms with Crippen molar-refractivity contribution in [1.29, 1.82) is 0 Å². The van der Waals surface area contributed by atoms with E-state index in [1.165, 1.54) is 0 Å². The van der Waals surface area contributed by atoms with Gasteiger partial charge >= 0.3 is 0 Å². The first kappa shape index (κ1) is 15.3. The number of pyridine rings is 1. The van der Waals surface area contributed by atoms with Gasteiger partial charge in [-0.05, 0) is 30.9 Å². The summed E-state index contributed by atoms with van der Waals surface area (Å²) in [7, 11) is 3.40. The third-order valence-corrected chi connectivity index (χ3v) is 3.81. The van der Waals surface area contributed by atoms with Crippen LogP contribution in [0, 0.1) is 0 Å². The number of aromatic nitrogens is 1. The lowest BCUT2D eigenvalue weighted by Gasteiger charge is -2.24. The number of ether oxygens (including phenoxy) is 1. The molecule has 1 atom stereocenters. The highest BCUT2D eigenvalue weighted by Crippen LogP contribution is 2.24. The predicted octanol–water partition coefficient (Wildman–Crippen LogP) is 3.50. The molecule has 1 heterocycles. The highest BCUT2D eigenvalue weighted by molar-refractivity contribution is 5.98. The third kappa shape index (κ3) is 3.15. The van der Waals surface area contributed by atoms with E-state index in [2.05, 4.69) is 18.8 Å².